The molecular weight excluding hydrogens is 302 g/mol. The first kappa shape index (κ1) is 12.2. The van der Waals surface area contributed by atoms with Gasteiger partial charge in [0.1, 0.15) is 0 Å². The number of carbonyl (C=O) groups is 1. The van der Waals surface area contributed by atoms with E-state index in [0.717, 1.165) is 32.9 Å². The third-order valence-corrected chi connectivity index (χ3v) is 3.72. The molecule has 1 aromatic heterocycles. The fraction of sp³-hybridized carbons (Fsp3) is 0.0625. The Labute approximate surface area is 119 Å². The van der Waals surface area contributed by atoms with E-state index in [9.17, 15) is 4.79 Å². The number of hydrogen-bond acceptors (Lipinski definition) is 1. The predicted molar refractivity (Wildman–Crippen MR) is 81.6 cm³/mol. The van der Waals surface area contributed by atoms with Gasteiger partial charge in [-0.1, -0.05) is 39.7 Å². The van der Waals surface area contributed by atoms with Crippen molar-refractivity contribution in [2.24, 2.45) is 0 Å². The number of fused-ring (bicyclic) bond motifs is 1. The molecule has 0 radical (unpaired) electrons. The van der Waals surface area contributed by atoms with Crippen molar-refractivity contribution >= 4 is 33.1 Å². The molecule has 0 aliphatic rings. The Bertz CT molecular complexity index is 774. The summed E-state index contributed by atoms with van der Waals surface area (Å²) >= 11 is 3.44. The second-order valence-corrected chi connectivity index (χ2v) is 5.51. The lowest BCUT2D eigenvalue weighted by molar-refractivity contribution is 0.112. The smallest absolute Gasteiger partial charge is 0.152 e. The van der Waals surface area contributed by atoms with Crippen molar-refractivity contribution in [3.8, 4) is 11.3 Å². The monoisotopic (exact) mass is 313 g/mol. The molecule has 0 saturated heterocycles. The van der Waals surface area contributed by atoms with E-state index in [1.54, 1.807) is 0 Å². The maximum atomic E-state index is 11.4. The van der Waals surface area contributed by atoms with Crippen molar-refractivity contribution in [3.05, 3.63) is 58.1 Å². The molecule has 0 bridgehead atoms. The summed E-state index contributed by atoms with van der Waals surface area (Å²) in [5.41, 5.74) is 4.78. The first-order valence-corrected chi connectivity index (χ1v) is 6.82. The summed E-state index contributed by atoms with van der Waals surface area (Å²) in [6, 6.07) is 14.0. The van der Waals surface area contributed by atoms with Gasteiger partial charge in [0.05, 0.1) is 5.69 Å². The number of benzene rings is 2. The number of aldehydes is 1. The van der Waals surface area contributed by atoms with Gasteiger partial charge >= 0.3 is 0 Å². The number of aromatic amines is 1. The van der Waals surface area contributed by atoms with Gasteiger partial charge in [0.15, 0.2) is 6.29 Å². The van der Waals surface area contributed by atoms with Gasteiger partial charge in [0.2, 0.25) is 0 Å². The summed E-state index contributed by atoms with van der Waals surface area (Å²) in [6.45, 7) is 2.04. The van der Waals surface area contributed by atoms with Gasteiger partial charge in [-0.3, -0.25) is 4.79 Å². The van der Waals surface area contributed by atoms with Crippen LogP contribution in [0.2, 0.25) is 0 Å². The lowest BCUT2D eigenvalue weighted by Crippen LogP contribution is -1.85. The van der Waals surface area contributed by atoms with Crippen LogP contribution in [0.4, 0.5) is 0 Å². The van der Waals surface area contributed by atoms with E-state index in [4.69, 9.17) is 0 Å². The molecule has 0 atom stereocenters. The lowest BCUT2D eigenvalue weighted by atomic mass is 10.0. The minimum atomic E-state index is 0.710. The fourth-order valence-electron chi connectivity index (χ4n) is 2.34. The number of carbonyl (C=O) groups excluding carboxylic acids is 1. The molecule has 3 aromatic rings. The number of nitrogens with one attached hydrogen (secondary N) is 1. The van der Waals surface area contributed by atoms with Crippen molar-refractivity contribution in [2.75, 3.05) is 0 Å². The van der Waals surface area contributed by atoms with Crippen molar-refractivity contribution in [1.29, 1.82) is 0 Å². The molecule has 3 heteroatoms. The number of rotatable bonds is 2. The van der Waals surface area contributed by atoms with Crippen LogP contribution in [0, 0.1) is 6.92 Å². The van der Waals surface area contributed by atoms with Crippen molar-refractivity contribution < 1.29 is 4.79 Å². The van der Waals surface area contributed by atoms with Gasteiger partial charge in [-0.25, -0.2) is 0 Å². The molecular formula is C16H12BrNO. The van der Waals surface area contributed by atoms with E-state index in [1.165, 1.54) is 5.56 Å². The van der Waals surface area contributed by atoms with Crippen LogP contribution < -0.4 is 0 Å². The molecule has 0 aliphatic heterocycles. The predicted octanol–water partition coefficient (Wildman–Crippen LogP) is 4.72. The summed E-state index contributed by atoms with van der Waals surface area (Å²) in [5.74, 6) is 0. The van der Waals surface area contributed by atoms with Crippen LogP contribution in [0.1, 0.15) is 15.9 Å². The third-order valence-electron chi connectivity index (χ3n) is 3.23. The SMILES string of the molecule is Cc1cccc(-c2[nH]c3ccc(Br)cc3c2C=O)c1. The molecule has 0 fully saturated rings. The van der Waals surface area contributed by atoms with E-state index in [2.05, 4.69) is 27.0 Å². The number of hydrogen-bond donors (Lipinski definition) is 1. The number of H-pyrrole nitrogens is 1. The van der Waals surface area contributed by atoms with E-state index in [0.29, 0.717) is 5.56 Å². The first-order chi connectivity index (χ1) is 9.19. The molecule has 0 amide bonds. The minimum Gasteiger partial charge on any atom is -0.354 e. The summed E-state index contributed by atoms with van der Waals surface area (Å²) in [7, 11) is 0. The molecule has 1 N–H and O–H groups in total. The van der Waals surface area contributed by atoms with Gasteiger partial charge in [0, 0.05) is 20.9 Å². The average molecular weight is 314 g/mol. The van der Waals surface area contributed by atoms with Gasteiger partial charge in [-0.2, -0.15) is 0 Å². The Kier molecular flexibility index (Phi) is 2.99. The average Bonchev–Trinajstić information content (AvgIpc) is 2.76. The summed E-state index contributed by atoms with van der Waals surface area (Å²) in [6.07, 6.45) is 0.920. The van der Waals surface area contributed by atoms with Gasteiger partial charge in [-0.05, 0) is 36.8 Å². The lowest BCUT2D eigenvalue weighted by Gasteiger charge is -2.01. The Hall–Kier alpha value is -1.87. The number of aryl methyl sites for hydroxylation is 1. The summed E-state index contributed by atoms with van der Waals surface area (Å²) < 4.78 is 0.970. The molecule has 3 rings (SSSR count). The van der Waals surface area contributed by atoms with E-state index in [1.807, 2.05) is 43.3 Å². The third kappa shape index (κ3) is 2.10. The Morgan fingerprint density at radius 3 is 2.74 bits per heavy atom. The zero-order valence-electron chi connectivity index (χ0n) is 10.4. The second kappa shape index (κ2) is 4.67. The maximum Gasteiger partial charge on any atom is 0.152 e. The number of aromatic nitrogens is 1. The quantitative estimate of drug-likeness (QED) is 0.682. The molecule has 1 heterocycles. The highest BCUT2D eigenvalue weighted by Crippen LogP contribution is 2.31. The minimum absolute atomic E-state index is 0.710. The Balaban J connectivity index is 2.32. The summed E-state index contributed by atoms with van der Waals surface area (Å²) in [5, 5.41) is 0.945. The molecule has 2 nitrogen and oxygen atoms in total. The molecule has 0 saturated carbocycles. The second-order valence-electron chi connectivity index (χ2n) is 4.59. The topological polar surface area (TPSA) is 32.9 Å². The standard InChI is InChI=1S/C16H12BrNO/c1-10-3-2-4-11(7-10)16-14(9-19)13-8-12(17)5-6-15(13)18-16/h2-9,18H,1H3. The maximum absolute atomic E-state index is 11.4. The summed E-state index contributed by atoms with van der Waals surface area (Å²) in [4.78, 5) is 14.8. The van der Waals surface area contributed by atoms with E-state index < -0.39 is 0 Å². The van der Waals surface area contributed by atoms with Crippen molar-refractivity contribution in [1.82, 2.24) is 4.98 Å². The zero-order valence-corrected chi connectivity index (χ0v) is 12.0. The van der Waals surface area contributed by atoms with Crippen LogP contribution in [0.3, 0.4) is 0 Å². The van der Waals surface area contributed by atoms with Gasteiger partial charge in [-0.15, -0.1) is 0 Å². The largest absolute Gasteiger partial charge is 0.354 e. The van der Waals surface area contributed by atoms with Crippen molar-refractivity contribution in [2.45, 2.75) is 6.92 Å². The molecule has 0 aliphatic carbocycles. The molecule has 94 valence electrons. The van der Waals surface area contributed by atoms with Gasteiger partial charge < -0.3 is 4.98 Å². The number of halogens is 1. The van der Waals surface area contributed by atoms with Crippen LogP contribution >= 0.6 is 15.9 Å². The highest BCUT2D eigenvalue weighted by molar-refractivity contribution is 9.10. The van der Waals surface area contributed by atoms with Crippen LogP contribution in [0.25, 0.3) is 22.2 Å². The van der Waals surface area contributed by atoms with Crippen LogP contribution in [-0.4, -0.2) is 11.3 Å². The van der Waals surface area contributed by atoms with E-state index in [-0.39, 0.29) is 0 Å². The highest BCUT2D eigenvalue weighted by Gasteiger charge is 2.12. The van der Waals surface area contributed by atoms with Gasteiger partial charge in [0.25, 0.3) is 0 Å². The van der Waals surface area contributed by atoms with E-state index >= 15 is 0 Å². The molecule has 0 unspecified atom stereocenters. The zero-order chi connectivity index (χ0) is 13.4. The fourth-order valence-corrected chi connectivity index (χ4v) is 2.70. The Morgan fingerprint density at radius 1 is 1.16 bits per heavy atom. The highest BCUT2D eigenvalue weighted by atomic mass is 79.9. The molecule has 19 heavy (non-hydrogen) atoms. The van der Waals surface area contributed by atoms with Crippen molar-refractivity contribution in [3.63, 3.8) is 0 Å². The Morgan fingerprint density at radius 2 is 2.00 bits per heavy atom. The van der Waals surface area contributed by atoms with Crippen LogP contribution in [0.15, 0.2) is 46.9 Å². The van der Waals surface area contributed by atoms with Crippen LogP contribution in [0.5, 0.6) is 0 Å². The molecule has 2 aromatic carbocycles. The molecule has 0 spiro atoms. The normalized spacial score (nSPS) is 10.8. The first-order valence-electron chi connectivity index (χ1n) is 6.02. The van der Waals surface area contributed by atoms with Crippen LogP contribution in [-0.2, 0) is 0 Å².